The Morgan fingerprint density at radius 1 is 0.654 bits per heavy atom. The second-order valence-electron chi connectivity index (χ2n) is 5.14. The summed E-state index contributed by atoms with van der Waals surface area (Å²) in [6.07, 6.45) is 3.72. The Morgan fingerprint density at radius 2 is 1.04 bits per heavy atom. The highest BCUT2D eigenvalue weighted by Gasteiger charge is 2.08. The molecule has 0 saturated heterocycles. The Hall–Kier alpha value is -3.94. The van der Waals surface area contributed by atoms with E-state index in [-0.39, 0.29) is 34.4 Å². The van der Waals surface area contributed by atoms with Gasteiger partial charge in [0.25, 0.3) is 0 Å². The van der Waals surface area contributed by atoms with Crippen molar-refractivity contribution < 1.29 is 30.0 Å². The highest BCUT2D eigenvalue weighted by Crippen LogP contribution is 2.28. The Morgan fingerprint density at radius 3 is 1.35 bits per heavy atom. The molecule has 0 heterocycles. The standard InChI is InChI=1S/C18H16N2O6/c21-9-19-13(5-11-1-3-15(23)17(25)7-11)14(20-10-22)6-12-2-4-16(24)18(26)8-12/h1-10,23-26H,(H,19,21)(H,20,22)/b13-5-,14-6-. The van der Waals surface area contributed by atoms with Crippen molar-refractivity contribution in [2.75, 3.05) is 0 Å². The Bertz CT molecular complexity index is 816. The van der Waals surface area contributed by atoms with E-state index in [4.69, 9.17) is 0 Å². The summed E-state index contributed by atoms with van der Waals surface area (Å²) in [4.78, 5) is 21.9. The van der Waals surface area contributed by atoms with Crippen molar-refractivity contribution in [3.8, 4) is 23.0 Å². The van der Waals surface area contributed by atoms with Crippen LogP contribution in [0.1, 0.15) is 11.1 Å². The zero-order chi connectivity index (χ0) is 19.1. The van der Waals surface area contributed by atoms with Gasteiger partial charge in [-0.1, -0.05) is 12.1 Å². The molecule has 0 aliphatic carbocycles. The van der Waals surface area contributed by atoms with Crippen LogP contribution in [-0.4, -0.2) is 33.2 Å². The number of hydrogen-bond acceptors (Lipinski definition) is 6. The summed E-state index contributed by atoms with van der Waals surface area (Å²) in [7, 11) is 0. The van der Waals surface area contributed by atoms with E-state index in [0.717, 1.165) is 0 Å². The summed E-state index contributed by atoms with van der Waals surface area (Å²) in [6, 6.07) is 8.07. The van der Waals surface area contributed by atoms with Crippen LogP contribution in [0.5, 0.6) is 23.0 Å². The lowest BCUT2D eigenvalue weighted by atomic mass is 10.1. The van der Waals surface area contributed by atoms with Crippen molar-refractivity contribution in [2.24, 2.45) is 0 Å². The average Bonchev–Trinajstić information content (AvgIpc) is 2.60. The van der Waals surface area contributed by atoms with Gasteiger partial charge in [-0.15, -0.1) is 0 Å². The van der Waals surface area contributed by atoms with Crippen molar-refractivity contribution >= 4 is 25.0 Å². The predicted octanol–water partition coefficient (Wildman–Crippen LogP) is 1.38. The van der Waals surface area contributed by atoms with Crippen LogP contribution in [0.3, 0.4) is 0 Å². The van der Waals surface area contributed by atoms with Crippen LogP contribution in [-0.2, 0) is 9.59 Å². The van der Waals surface area contributed by atoms with E-state index in [9.17, 15) is 30.0 Å². The molecule has 0 unspecified atom stereocenters. The number of aromatic hydroxyl groups is 4. The second-order valence-corrected chi connectivity index (χ2v) is 5.14. The minimum absolute atomic E-state index is 0.185. The lowest BCUT2D eigenvalue weighted by molar-refractivity contribution is -0.110. The van der Waals surface area contributed by atoms with E-state index in [0.29, 0.717) is 23.9 Å². The van der Waals surface area contributed by atoms with E-state index in [2.05, 4.69) is 10.6 Å². The SMILES string of the molecule is O=CNC(=C\c1ccc(O)c(O)c1)/C(=C/c1ccc(O)c(O)c1)NC=O. The first-order valence-electron chi connectivity index (χ1n) is 7.32. The molecule has 0 radical (unpaired) electrons. The van der Waals surface area contributed by atoms with E-state index in [1.165, 1.54) is 48.6 Å². The number of benzene rings is 2. The molecular weight excluding hydrogens is 340 g/mol. The average molecular weight is 356 g/mol. The van der Waals surface area contributed by atoms with Gasteiger partial charge in [-0.2, -0.15) is 0 Å². The van der Waals surface area contributed by atoms with E-state index >= 15 is 0 Å². The van der Waals surface area contributed by atoms with Gasteiger partial charge in [-0.3, -0.25) is 9.59 Å². The van der Waals surface area contributed by atoms with Gasteiger partial charge in [0.1, 0.15) is 0 Å². The van der Waals surface area contributed by atoms with Gasteiger partial charge in [0, 0.05) is 0 Å². The minimum atomic E-state index is -0.346. The Labute approximate surface area is 148 Å². The zero-order valence-electron chi connectivity index (χ0n) is 13.4. The molecule has 0 aliphatic rings. The molecule has 6 N–H and O–H groups in total. The monoisotopic (exact) mass is 356 g/mol. The van der Waals surface area contributed by atoms with Crippen LogP contribution in [0.15, 0.2) is 47.8 Å². The Balaban J connectivity index is 2.50. The molecule has 0 atom stereocenters. The quantitative estimate of drug-likeness (QED) is 0.252. The third-order valence-corrected chi connectivity index (χ3v) is 3.34. The first-order chi connectivity index (χ1) is 12.4. The number of phenolic OH excluding ortho intramolecular Hbond substituents is 4. The molecular formula is C18H16N2O6. The van der Waals surface area contributed by atoms with Crippen LogP contribution in [0.4, 0.5) is 0 Å². The fraction of sp³-hybridized carbons (Fsp3) is 0. The summed E-state index contributed by atoms with van der Waals surface area (Å²) in [5, 5.41) is 42.7. The smallest absolute Gasteiger partial charge is 0.211 e. The molecule has 0 saturated carbocycles. The molecule has 8 heteroatoms. The highest BCUT2D eigenvalue weighted by atomic mass is 16.3. The third kappa shape index (κ3) is 4.54. The maximum absolute atomic E-state index is 10.9. The van der Waals surface area contributed by atoms with Gasteiger partial charge in [0.05, 0.1) is 11.4 Å². The summed E-state index contributed by atoms with van der Waals surface area (Å²) in [6.45, 7) is 0. The fourth-order valence-corrected chi connectivity index (χ4v) is 2.12. The van der Waals surface area contributed by atoms with Crippen LogP contribution >= 0.6 is 0 Å². The number of carbonyl (C=O) groups is 2. The van der Waals surface area contributed by atoms with E-state index in [1.807, 2.05) is 0 Å². The number of carbonyl (C=O) groups excluding carboxylic acids is 2. The summed E-state index contributed by atoms with van der Waals surface area (Å²) in [5.41, 5.74) is 1.25. The molecule has 8 nitrogen and oxygen atoms in total. The molecule has 0 bridgehead atoms. The molecule has 2 aromatic carbocycles. The molecule has 26 heavy (non-hydrogen) atoms. The molecule has 0 aliphatic heterocycles. The Kier molecular flexibility index (Phi) is 5.83. The second kappa shape index (κ2) is 8.25. The first-order valence-corrected chi connectivity index (χ1v) is 7.32. The molecule has 0 aromatic heterocycles. The van der Waals surface area contributed by atoms with Crippen LogP contribution < -0.4 is 10.6 Å². The van der Waals surface area contributed by atoms with E-state index < -0.39 is 0 Å². The summed E-state index contributed by atoms with van der Waals surface area (Å²) in [5.74, 6) is -1.29. The fourth-order valence-electron chi connectivity index (χ4n) is 2.12. The minimum Gasteiger partial charge on any atom is -0.504 e. The van der Waals surface area contributed by atoms with Crippen molar-refractivity contribution in [3.63, 3.8) is 0 Å². The number of amides is 2. The maximum atomic E-state index is 10.9. The van der Waals surface area contributed by atoms with E-state index in [1.54, 1.807) is 0 Å². The lowest BCUT2D eigenvalue weighted by Gasteiger charge is -2.11. The number of nitrogens with one attached hydrogen (secondary N) is 2. The summed E-state index contributed by atoms with van der Waals surface area (Å²) < 4.78 is 0. The topological polar surface area (TPSA) is 139 Å². The predicted molar refractivity (Wildman–Crippen MR) is 93.9 cm³/mol. The zero-order valence-corrected chi connectivity index (χ0v) is 13.4. The van der Waals surface area contributed by atoms with Crippen molar-refractivity contribution in [1.82, 2.24) is 10.6 Å². The van der Waals surface area contributed by atoms with Crippen molar-refractivity contribution in [1.29, 1.82) is 0 Å². The number of rotatable bonds is 7. The van der Waals surface area contributed by atoms with Gasteiger partial charge < -0.3 is 31.1 Å². The van der Waals surface area contributed by atoms with Gasteiger partial charge in [0.2, 0.25) is 12.8 Å². The first kappa shape index (κ1) is 18.4. The number of phenols is 4. The number of hydrogen-bond donors (Lipinski definition) is 6. The van der Waals surface area contributed by atoms with Gasteiger partial charge in [-0.25, -0.2) is 0 Å². The van der Waals surface area contributed by atoms with Gasteiger partial charge >= 0.3 is 0 Å². The van der Waals surface area contributed by atoms with Gasteiger partial charge in [0.15, 0.2) is 23.0 Å². The molecule has 0 spiro atoms. The largest absolute Gasteiger partial charge is 0.504 e. The highest BCUT2D eigenvalue weighted by molar-refractivity contribution is 5.73. The third-order valence-electron chi connectivity index (χ3n) is 3.34. The summed E-state index contributed by atoms with van der Waals surface area (Å²) >= 11 is 0. The van der Waals surface area contributed by atoms with Crippen molar-refractivity contribution in [2.45, 2.75) is 0 Å². The molecule has 2 aromatic rings. The molecule has 0 fully saturated rings. The lowest BCUT2D eigenvalue weighted by Crippen LogP contribution is -2.21. The maximum Gasteiger partial charge on any atom is 0.211 e. The van der Waals surface area contributed by atoms with Gasteiger partial charge in [-0.05, 0) is 47.5 Å². The molecule has 2 amide bonds. The molecule has 134 valence electrons. The van der Waals surface area contributed by atoms with Crippen LogP contribution in [0, 0.1) is 0 Å². The van der Waals surface area contributed by atoms with Crippen molar-refractivity contribution in [3.05, 3.63) is 58.9 Å². The van der Waals surface area contributed by atoms with Crippen LogP contribution in [0.2, 0.25) is 0 Å². The molecule has 2 rings (SSSR count). The normalized spacial score (nSPS) is 11.7. The van der Waals surface area contributed by atoms with Crippen LogP contribution in [0.25, 0.3) is 12.2 Å².